The van der Waals surface area contributed by atoms with E-state index in [0.717, 1.165) is 17.9 Å². The number of benzene rings is 2. The molecule has 0 atom stereocenters. The van der Waals surface area contributed by atoms with Crippen LogP contribution in [-0.2, 0) is 6.42 Å². The highest BCUT2D eigenvalue weighted by Crippen LogP contribution is 2.17. The summed E-state index contributed by atoms with van der Waals surface area (Å²) in [5.74, 6) is 1.75. The van der Waals surface area contributed by atoms with Crippen LogP contribution in [0.5, 0.6) is 11.5 Å². The molecule has 0 spiro atoms. The van der Waals surface area contributed by atoms with Gasteiger partial charge in [0, 0.05) is 11.8 Å². The van der Waals surface area contributed by atoms with Gasteiger partial charge in [-0.15, -0.1) is 0 Å². The van der Waals surface area contributed by atoms with Crippen LogP contribution in [0, 0.1) is 0 Å². The van der Waals surface area contributed by atoms with Crippen LogP contribution in [0.25, 0.3) is 0 Å². The molecule has 2 N–H and O–H groups in total. The van der Waals surface area contributed by atoms with Gasteiger partial charge in [-0.1, -0.05) is 19.1 Å². The van der Waals surface area contributed by atoms with Crippen molar-refractivity contribution in [1.82, 2.24) is 15.3 Å². The highest BCUT2D eigenvalue weighted by Gasteiger charge is 2.08. The third-order valence-electron chi connectivity index (χ3n) is 4.25. The predicted octanol–water partition coefficient (Wildman–Crippen LogP) is 3.60. The van der Waals surface area contributed by atoms with E-state index in [1.807, 2.05) is 36.4 Å². The minimum atomic E-state index is -0.282. The molecule has 0 fully saturated rings. The Kier molecular flexibility index (Phi) is 7.00. The van der Waals surface area contributed by atoms with Crippen LogP contribution >= 0.6 is 0 Å². The summed E-state index contributed by atoms with van der Waals surface area (Å²) in [6, 6.07) is 17.0. The fraction of sp³-hybridized carbons (Fsp3) is 0.227. The molecule has 1 heterocycles. The van der Waals surface area contributed by atoms with E-state index < -0.39 is 0 Å². The molecule has 150 valence electrons. The number of amides is 1. The number of aryl methyl sites for hydroxylation is 1. The Labute approximate surface area is 170 Å². The number of carbonyl (C=O) groups excluding carboxylic acids is 1. The van der Waals surface area contributed by atoms with Gasteiger partial charge >= 0.3 is 0 Å². The third kappa shape index (κ3) is 5.93. The molecule has 0 bridgehead atoms. The summed E-state index contributed by atoms with van der Waals surface area (Å²) in [5, 5.41) is 5.97. The van der Waals surface area contributed by atoms with Gasteiger partial charge in [0.05, 0.1) is 13.7 Å². The first-order chi connectivity index (χ1) is 14.2. The van der Waals surface area contributed by atoms with Crippen molar-refractivity contribution in [2.24, 2.45) is 0 Å². The van der Waals surface area contributed by atoms with E-state index in [4.69, 9.17) is 9.47 Å². The number of hydrogen-bond donors (Lipinski definition) is 2. The number of anilines is 2. The Balaban J connectivity index is 1.49. The second-order valence-corrected chi connectivity index (χ2v) is 6.24. The normalized spacial score (nSPS) is 10.3. The fourth-order valence-electron chi connectivity index (χ4n) is 2.62. The average Bonchev–Trinajstić information content (AvgIpc) is 2.77. The number of nitrogens with one attached hydrogen (secondary N) is 2. The van der Waals surface area contributed by atoms with Crippen molar-refractivity contribution in [3.8, 4) is 11.5 Å². The van der Waals surface area contributed by atoms with Crippen LogP contribution in [0.4, 0.5) is 11.5 Å². The number of rotatable bonds is 9. The molecule has 0 aliphatic carbocycles. The van der Waals surface area contributed by atoms with Crippen LogP contribution in [0.1, 0.15) is 23.0 Å². The third-order valence-corrected chi connectivity index (χ3v) is 4.25. The maximum absolute atomic E-state index is 12.3. The highest BCUT2D eigenvalue weighted by atomic mass is 16.5. The second kappa shape index (κ2) is 10.1. The summed E-state index contributed by atoms with van der Waals surface area (Å²) in [6.07, 6.45) is 2.35. The van der Waals surface area contributed by atoms with Crippen molar-refractivity contribution in [3.63, 3.8) is 0 Å². The number of aromatic nitrogens is 2. The lowest BCUT2D eigenvalue weighted by Gasteiger charge is -2.09. The minimum Gasteiger partial charge on any atom is -0.497 e. The first-order valence-electron chi connectivity index (χ1n) is 9.41. The van der Waals surface area contributed by atoms with Crippen LogP contribution in [0.15, 0.2) is 60.9 Å². The minimum absolute atomic E-state index is 0.282. The van der Waals surface area contributed by atoms with Crippen molar-refractivity contribution in [3.05, 3.63) is 72.2 Å². The SMILES string of the molecule is CCc1ccc(Nc2cc(C(=O)NCCOc3ccc(OC)cc3)ncn2)cc1. The Bertz CT molecular complexity index is 928. The van der Waals surface area contributed by atoms with Gasteiger partial charge in [-0.3, -0.25) is 4.79 Å². The molecule has 0 aliphatic heterocycles. The first-order valence-corrected chi connectivity index (χ1v) is 9.41. The van der Waals surface area contributed by atoms with Gasteiger partial charge in [-0.05, 0) is 48.4 Å². The molecule has 0 saturated heterocycles. The molecule has 7 heteroatoms. The number of carbonyl (C=O) groups is 1. The lowest BCUT2D eigenvalue weighted by atomic mass is 10.1. The number of hydrogen-bond acceptors (Lipinski definition) is 6. The van der Waals surface area contributed by atoms with Crippen molar-refractivity contribution in [1.29, 1.82) is 0 Å². The summed E-state index contributed by atoms with van der Waals surface area (Å²) in [7, 11) is 1.61. The maximum atomic E-state index is 12.3. The molecule has 0 aliphatic rings. The molecule has 1 amide bonds. The highest BCUT2D eigenvalue weighted by molar-refractivity contribution is 5.92. The van der Waals surface area contributed by atoms with Crippen molar-refractivity contribution < 1.29 is 14.3 Å². The molecule has 7 nitrogen and oxygen atoms in total. The second-order valence-electron chi connectivity index (χ2n) is 6.24. The van der Waals surface area contributed by atoms with E-state index >= 15 is 0 Å². The van der Waals surface area contributed by atoms with Gasteiger partial charge in [-0.25, -0.2) is 9.97 Å². The zero-order valence-corrected chi connectivity index (χ0v) is 16.5. The quantitative estimate of drug-likeness (QED) is 0.541. The fourth-order valence-corrected chi connectivity index (χ4v) is 2.62. The molecule has 2 aromatic carbocycles. The topological polar surface area (TPSA) is 85.4 Å². The standard InChI is InChI=1S/C22H24N4O3/c1-3-16-4-6-17(7-5-16)26-21-14-20(24-15-25-21)22(27)23-12-13-29-19-10-8-18(28-2)9-11-19/h4-11,14-15H,3,12-13H2,1-2H3,(H,23,27)(H,24,25,26). The molecule has 0 radical (unpaired) electrons. The summed E-state index contributed by atoms with van der Waals surface area (Å²) in [5.41, 5.74) is 2.45. The molecule has 29 heavy (non-hydrogen) atoms. The van der Waals surface area contributed by atoms with Gasteiger partial charge in [0.2, 0.25) is 0 Å². The van der Waals surface area contributed by atoms with Gasteiger partial charge in [-0.2, -0.15) is 0 Å². The van der Waals surface area contributed by atoms with E-state index in [1.165, 1.54) is 11.9 Å². The molecule has 3 aromatic rings. The lowest BCUT2D eigenvalue weighted by molar-refractivity contribution is 0.0942. The van der Waals surface area contributed by atoms with Gasteiger partial charge in [0.25, 0.3) is 5.91 Å². The number of nitrogens with zero attached hydrogens (tertiary/aromatic N) is 2. The lowest BCUT2D eigenvalue weighted by Crippen LogP contribution is -2.28. The van der Waals surface area contributed by atoms with E-state index in [2.05, 4.69) is 39.7 Å². The predicted molar refractivity (Wildman–Crippen MR) is 112 cm³/mol. The Hall–Kier alpha value is -3.61. The first kappa shape index (κ1) is 20.1. The Morgan fingerprint density at radius 2 is 1.72 bits per heavy atom. The van der Waals surface area contributed by atoms with Crippen molar-refractivity contribution >= 4 is 17.4 Å². The number of methoxy groups -OCH3 is 1. The van der Waals surface area contributed by atoms with Gasteiger partial charge < -0.3 is 20.1 Å². The average molecular weight is 392 g/mol. The summed E-state index contributed by atoms with van der Waals surface area (Å²) in [4.78, 5) is 20.5. The van der Waals surface area contributed by atoms with E-state index in [0.29, 0.717) is 24.7 Å². The van der Waals surface area contributed by atoms with Crippen LogP contribution in [0.3, 0.4) is 0 Å². The van der Waals surface area contributed by atoms with Crippen molar-refractivity contribution in [2.45, 2.75) is 13.3 Å². The Morgan fingerprint density at radius 3 is 2.41 bits per heavy atom. The van der Waals surface area contributed by atoms with Gasteiger partial charge in [0.1, 0.15) is 35.9 Å². The van der Waals surface area contributed by atoms with Crippen LogP contribution in [0.2, 0.25) is 0 Å². The molecule has 1 aromatic heterocycles. The monoisotopic (exact) mass is 392 g/mol. The van der Waals surface area contributed by atoms with Crippen molar-refractivity contribution in [2.75, 3.05) is 25.6 Å². The molecular formula is C22H24N4O3. The van der Waals surface area contributed by atoms with E-state index in [1.54, 1.807) is 13.2 Å². The zero-order chi connectivity index (χ0) is 20.5. The molecule has 3 rings (SSSR count). The molecule has 0 saturated carbocycles. The van der Waals surface area contributed by atoms with Crippen LogP contribution in [-0.4, -0.2) is 36.1 Å². The Morgan fingerprint density at radius 1 is 1.00 bits per heavy atom. The maximum Gasteiger partial charge on any atom is 0.270 e. The smallest absolute Gasteiger partial charge is 0.270 e. The number of ether oxygens (including phenoxy) is 2. The largest absolute Gasteiger partial charge is 0.497 e. The zero-order valence-electron chi connectivity index (χ0n) is 16.5. The van der Waals surface area contributed by atoms with E-state index in [9.17, 15) is 4.79 Å². The summed E-state index contributed by atoms with van der Waals surface area (Å²) in [6.45, 7) is 2.81. The van der Waals surface area contributed by atoms with E-state index in [-0.39, 0.29) is 11.6 Å². The summed E-state index contributed by atoms with van der Waals surface area (Å²) < 4.78 is 10.7. The molecule has 0 unspecified atom stereocenters. The molecular weight excluding hydrogens is 368 g/mol. The summed E-state index contributed by atoms with van der Waals surface area (Å²) >= 11 is 0. The van der Waals surface area contributed by atoms with Crippen LogP contribution < -0.4 is 20.1 Å². The van der Waals surface area contributed by atoms with Gasteiger partial charge in [0.15, 0.2) is 0 Å².